The maximum absolute atomic E-state index is 12.7. The van der Waals surface area contributed by atoms with Crippen molar-refractivity contribution >= 4 is 10.0 Å². The molecule has 1 saturated heterocycles. The summed E-state index contributed by atoms with van der Waals surface area (Å²) in [5, 5.41) is -0.114. The predicted octanol–water partition coefficient (Wildman–Crippen LogP) is 1.73. The lowest BCUT2D eigenvalue weighted by atomic mass is 10.0. The van der Waals surface area contributed by atoms with Crippen molar-refractivity contribution in [2.75, 3.05) is 20.6 Å². The van der Waals surface area contributed by atoms with Crippen LogP contribution in [0.1, 0.15) is 24.8 Å². The van der Waals surface area contributed by atoms with Crippen molar-refractivity contribution in [1.29, 1.82) is 0 Å². The molecule has 3 rings (SSSR count). The van der Waals surface area contributed by atoms with Gasteiger partial charge in [0.2, 0.25) is 10.0 Å². The third-order valence-corrected chi connectivity index (χ3v) is 7.10. The summed E-state index contributed by atoms with van der Waals surface area (Å²) in [5.74, 6) is 0. The zero-order chi connectivity index (χ0) is 15.0. The van der Waals surface area contributed by atoms with E-state index in [1.54, 1.807) is 4.31 Å². The third-order valence-electron chi connectivity index (χ3n) is 4.68. The molecule has 1 heterocycles. The highest BCUT2D eigenvalue weighted by atomic mass is 32.2. The minimum absolute atomic E-state index is 0.0630. The summed E-state index contributed by atoms with van der Waals surface area (Å²) in [5.41, 5.74) is 1.22. The Kier molecular flexibility index (Phi) is 4.08. The smallest absolute Gasteiger partial charge is 0.217 e. The van der Waals surface area contributed by atoms with Gasteiger partial charge in [-0.25, -0.2) is 8.42 Å². The topological polar surface area (TPSA) is 40.6 Å². The van der Waals surface area contributed by atoms with Crippen LogP contribution in [0.25, 0.3) is 0 Å². The fraction of sp³-hybridized carbons (Fsp3) is 0.625. The summed E-state index contributed by atoms with van der Waals surface area (Å²) in [6, 6.07) is 10.6. The Labute approximate surface area is 127 Å². The minimum atomic E-state index is -3.09. The number of hydrogen-bond acceptors (Lipinski definition) is 3. The second kappa shape index (κ2) is 5.71. The highest BCUT2D eigenvalue weighted by Gasteiger charge is 2.47. The molecular weight excluding hydrogens is 284 g/mol. The normalized spacial score (nSPS) is 27.4. The molecule has 1 aliphatic carbocycles. The van der Waals surface area contributed by atoms with Crippen molar-refractivity contribution in [2.45, 2.75) is 43.0 Å². The Morgan fingerprint density at radius 3 is 2.38 bits per heavy atom. The fourth-order valence-corrected chi connectivity index (χ4v) is 5.45. The number of rotatable bonds is 5. The first-order valence-electron chi connectivity index (χ1n) is 7.71. The zero-order valence-electron chi connectivity index (χ0n) is 12.8. The van der Waals surface area contributed by atoms with Gasteiger partial charge < -0.3 is 4.90 Å². The first-order valence-corrected chi connectivity index (χ1v) is 9.21. The zero-order valence-corrected chi connectivity index (χ0v) is 13.6. The third kappa shape index (κ3) is 3.00. The fourth-order valence-electron chi connectivity index (χ4n) is 3.38. The Morgan fingerprint density at radius 2 is 1.81 bits per heavy atom. The lowest BCUT2D eigenvalue weighted by Crippen LogP contribution is -2.46. The number of likely N-dealkylation sites (N-methyl/N-ethyl adjacent to an activating group) is 1. The number of benzene rings is 1. The van der Waals surface area contributed by atoms with Crippen LogP contribution in [0, 0.1) is 0 Å². The minimum Gasteiger partial charge on any atom is -0.305 e. The molecule has 0 unspecified atom stereocenters. The molecule has 21 heavy (non-hydrogen) atoms. The lowest BCUT2D eigenvalue weighted by molar-refractivity contribution is 0.237. The molecule has 0 spiro atoms. The van der Waals surface area contributed by atoms with Gasteiger partial charge in [-0.3, -0.25) is 0 Å². The molecule has 2 fully saturated rings. The van der Waals surface area contributed by atoms with Crippen molar-refractivity contribution in [2.24, 2.45) is 0 Å². The van der Waals surface area contributed by atoms with Gasteiger partial charge in [-0.05, 0) is 45.3 Å². The first-order chi connectivity index (χ1) is 10.00. The molecule has 0 aromatic heterocycles. The number of sulfonamides is 1. The molecule has 1 aromatic rings. The molecule has 0 radical (unpaired) electrons. The van der Waals surface area contributed by atoms with Crippen molar-refractivity contribution in [3.8, 4) is 0 Å². The van der Waals surface area contributed by atoms with Crippen molar-refractivity contribution < 1.29 is 8.42 Å². The first kappa shape index (κ1) is 15.0. The molecule has 0 N–H and O–H groups in total. The monoisotopic (exact) mass is 308 g/mol. The van der Waals surface area contributed by atoms with Gasteiger partial charge in [0.25, 0.3) is 0 Å². The van der Waals surface area contributed by atoms with Gasteiger partial charge in [0, 0.05) is 18.6 Å². The van der Waals surface area contributed by atoms with Crippen molar-refractivity contribution in [3.63, 3.8) is 0 Å². The predicted molar refractivity (Wildman–Crippen MR) is 84.7 cm³/mol. The second-order valence-corrected chi connectivity index (χ2v) is 8.60. The summed E-state index contributed by atoms with van der Waals surface area (Å²) in [6.45, 7) is 0.666. The summed E-state index contributed by atoms with van der Waals surface area (Å²) in [7, 11) is 1.01. The molecule has 116 valence electrons. The second-order valence-electron chi connectivity index (χ2n) is 6.43. The largest absolute Gasteiger partial charge is 0.305 e. The number of nitrogens with zero attached hydrogens (tertiary/aromatic N) is 2. The SMILES string of the molecule is CN(C)[C@@H]1CCN(S(=O)(=O)C2CC2)[C@@H]1Cc1ccccc1. The van der Waals surface area contributed by atoms with Gasteiger partial charge in [0.05, 0.1) is 5.25 Å². The summed E-state index contributed by atoms with van der Waals surface area (Å²) < 4.78 is 27.1. The maximum Gasteiger partial charge on any atom is 0.217 e. The Bertz CT molecular complexity index is 582. The van der Waals surface area contributed by atoms with Crippen LogP contribution in [-0.4, -0.2) is 55.6 Å². The van der Waals surface area contributed by atoms with Crippen LogP contribution in [0.5, 0.6) is 0 Å². The quantitative estimate of drug-likeness (QED) is 0.832. The van der Waals surface area contributed by atoms with Crippen LogP contribution >= 0.6 is 0 Å². The van der Waals surface area contributed by atoms with Crippen LogP contribution in [0.3, 0.4) is 0 Å². The van der Waals surface area contributed by atoms with Crippen LogP contribution in [0.4, 0.5) is 0 Å². The average Bonchev–Trinajstić information content (AvgIpc) is 3.22. The van der Waals surface area contributed by atoms with E-state index in [-0.39, 0.29) is 11.3 Å². The molecule has 0 amide bonds. The van der Waals surface area contributed by atoms with Crippen LogP contribution in [0.2, 0.25) is 0 Å². The number of hydrogen-bond donors (Lipinski definition) is 0. The average molecular weight is 308 g/mol. The molecule has 1 aliphatic heterocycles. The van der Waals surface area contributed by atoms with Gasteiger partial charge in [0.1, 0.15) is 0 Å². The van der Waals surface area contributed by atoms with Gasteiger partial charge in [-0.2, -0.15) is 4.31 Å². The molecule has 1 aromatic carbocycles. The van der Waals surface area contributed by atoms with E-state index in [4.69, 9.17) is 0 Å². The van der Waals surface area contributed by atoms with Crippen molar-refractivity contribution in [3.05, 3.63) is 35.9 Å². The molecule has 1 saturated carbocycles. The van der Waals surface area contributed by atoms with E-state index in [1.807, 2.05) is 18.2 Å². The van der Waals surface area contributed by atoms with Crippen LogP contribution < -0.4 is 0 Å². The molecule has 2 atom stereocenters. The van der Waals surface area contributed by atoms with E-state index in [2.05, 4.69) is 31.1 Å². The molecule has 4 nitrogen and oxygen atoms in total. The molecule has 0 bridgehead atoms. The molecule has 2 aliphatic rings. The van der Waals surface area contributed by atoms with E-state index in [0.29, 0.717) is 12.6 Å². The van der Waals surface area contributed by atoms with E-state index >= 15 is 0 Å². The van der Waals surface area contributed by atoms with Gasteiger partial charge in [0.15, 0.2) is 0 Å². The Morgan fingerprint density at radius 1 is 1.14 bits per heavy atom. The van der Waals surface area contributed by atoms with Gasteiger partial charge >= 0.3 is 0 Å². The highest BCUT2D eigenvalue weighted by Crippen LogP contribution is 2.36. The van der Waals surface area contributed by atoms with Crippen LogP contribution in [-0.2, 0) is 16.4 Å². The van der Waals surface area contributed by atoms with Crippen LogP contribution in [0.15, 0.2) is 30.3 Å². The maximum atomic E-state index is 12.7. The van der Waals surface area contributed by atoms with E-state index in [0.717, 1.165) is 25.7 Å². The summed E-state index contributed by atoms with van der Waals surface area (Å²) in [4.78, 5) is 2.18. The summed E-state index contributed by atoms with van der Waals surface area (Å²) >= 11 is 0. The summed E-state index contributed by atoms with van der Waals surface area (Å²) in [6.07, 6.45) is 3.40. The van der Waals surface area contributed by atoms with E-state index in [1.165, 1.54) is 5.56 Å². The Hall–Kier alpha value is -0.910. The Balaban J connectivity index is 1.86. The van der Waals surface area contributed by atoms with E-state index < -0.39 is 10.0 Å². The molecular formula is C16H24N2O2S. The molecule has 5 heteroatoms. The van der Waals surface area contributed by atoms with Crippen molar-refractivity contribution in [1.82, 2.24) is 9.21 Å². The standard InChI is InChI=1S/C16H24N2O2S/c1-17(2)15-10-11-18(21(19,20)14-8-9-14)16(15)12-13-6-4-3-5-7-13/h3-7,14-16H,8-12H2,1-2H3/t15-,16-/m1/s1. The van der Waals surface area contributed by atoms with Gasteiger partial charge in [-0.15, -0.1) is 0 Å². The van der Waals surface area contributed by atoms with Gasteiger partial charge in [-0.1, -0.05) is 30.3 Å². The van der Waals surface area contributed by atoms with E-state index in [9.17, 15) is 8.42 Å². The lowest BCUT2D eigenvalue weighted by Gasteiger charge is -2.31. The highest BCUT2D eigenvalue weighted by molar-refractivity contribution is 7.90.